The van der Waals surface area contributed by atoms with Crippen LogP contribution in [0, 0.1) is 5.92 Å². The predicted molar refractivity (Wildman–Crippen MR) is 96.4 cm³/mol. The Balaban J connectivity index is 1.55. The molecule has 0 spiro atoms. The van der Waals surface area contributed by atoms with Crippen LogP contribution in [0.3, 0.4) is 0 Å². The minimum absolute atomic E-state index is 0.0593. The van der Waals surface area contributed by atoms with Crippen molar-refractivity contribution in [2.45, 2.75) is 38.6 Å². The minimum Gasteiger partial charge on any atom is -0.381 e. The zero-order valence-corrected chi connectivity index (χ0v) is 14.8. The molecule has 0 aliphatic carbocycles. The fourth-order valence-corrected chi connectivity index (χ4v) is 3.87. The highest BCUT2D eigenvalue weighted by Gasteiger charge is 2.26. The lowest BCUT2D eigenvalue weighted by Crippen LogP contribution is -2.40. The van der Waals surface area contributed by atoms with E-state index < -0.39 is 0 Å². The van der Waals surface area contributed by atoms with Crippen LogP contribution in [0.15, 0.2) is 35.7 Å². The summed E-state index contributed by atoms with van der Waals surface area (Å²) in [5.74, 6) is 0.367. The highest BCUT2D eigenvalue weighted by atomic mass is 32.1. The van der Waals surface area contributed by atoms with E-state index in [2.05, 4.69) is 29.4 Å². The van der Waals surface area contributed by atoms with Gasteiger partial charge < -0.3 is 10.1 Å². The van der Waals surface area contributed by atoms with E-state index in [9.17, 15) is 4.79 Å². The van der Waals surface area contributed by atoms with Crippen LogP contribution in [0.25, 0.3) is 0 Å². The van der Waals surface area contributed by atoms with Crippen LogP contribution < -0.4 is 5.32 Å². The summed E-state index contributed by atoms with van der Waals surface area (Å²) in [5, 5.41) is 6.02. The lowest BCUT2D eigenvalue weighted by Gasteiger charge is -2.21. The van der Waals surface area contributed by atoms with Crippen molar-refractivity contribution in [2.75, 3.05) is 13.2 Å². The summed E-state index contributed by atoms with van der Waals surface area (Å²) in [6, 6.07) is 10.5. The molecule has 128 valence electrons. The number of hydrogen-bond acceptors (Lipinski definition) is 4. The second-order valence-corrected chi connectivity index (χ2v) is 7.17. The maximum atomic E-state index is 12.5. The first-order chi connectivity index (χ1) is 11.8. The Morgan fingerprint density at radius 3 is 2.92 bits per heavy atom. The quantitative estimate of drug-likeness (QED) is 0.837. The summed E-state index contributed by atoms with van der Waals surface area (Å²) in [7, 11) is 0. The highest BCUT2D eigenvalue weighted by molar-refractivity contribution is 7.09. The van der Waals surface area contributed by atoms with E-state index in [1.54, 1.807) is 11.3 Å². The Kier molecular flexibility index (Phi) is 5.99. The van der Waals surface area contributed by atoms with Crippen LogP contribution in [0.1, 0.15) is 40.8 Å². The molecule has 2 atom stereocenters. The molecule has 0 radical (unpaired) electrons. The summed E-state index contributed by atoms with van der Waals surface area (Å²) >= 11 is 1.57. The Morgan fingerprint density at radius 1 is 1.38 bits per heavy atom. The molecule has 2 aromatic rings. The van der Waals surface area contributed by atoms with E-state index in [1.165, 1.54) is 5.56 Å². The third-order valence-electron chi connectivity index (χ3n) is 4.55. The first-order valence-electron chi connectivity index (χ1n) is 8.63. The van der Waals surface area contributed by atoms with Crippen molar-refractivity contribution in [2.24, 2.45) is 5.92 Å². The summed E-state index contributed by atoms with van der Waals surface area (Å²) in [4.78, 5) is 17.0. The Labute approximate surface area is 147 Å². The zero-order valence-electron chi connectivity index (χ0n) is 14.0. The average Bonchev–Trinajstić information content (AvgIpc) is 3.30. The molecule has 1 fully saturated rings. The topological polar surface area (TPSA) is 51.2 Å². The number of rotatable bonds is 7. The molecule has 1 saturated heterocycles. The number of nitrogens with zero attached hydrogens (tertiary/aromatic N) is 1. The largest absolute Gasteiger partial charge is 0.381 e. The first kappa shape index (κ1) is 17.1. The third kappa shape index (κ3) is 4.42. The van der Waals surface area contributed by atoms with Gasteiger partial charge in [0.15, 0.2) is 0 Å². The van der Waals surface area contributed by atoms with Crippen molar-refractivity contribution in [1.29, 1.82) is 0 Å². The molecule has 1 aromatic carbocycles. The normalized spacial score (nSPS) is 18.5. The molecular weight excluding hydrogens is 320 g/mol. The van der Waals surface area contributed by atoms with Gasteiger partial charge in [-0.1, -0.05) is 37.3 Å². The molecule has 0 bridgehead atoms. The van der Waals surface area contributed by atoms with Crippen LogP contribution in [-0.4, -0.2) is 30.1 Å². The van der Waals surface area contributed by atoms with Gasteiger partial charge >= 0.3 is 0 Å². The van der Waals surface area contributed by atoms with Crippen LogP contribution >= 0.6 is 11.3 Å². The molecule has 2 heterocycles. The predicted octanol–water partition coefficient (Wildman–Crippen LogP) is 3.47. The van der Waals surface area contributed by atoms with Gasteiger partial charge in [0.1, 0.15) is 5.69 Å². The fourth-order valence-electron chi connectivity index (χ4n) is 3.09. The Hall–Kier alpha value is -1.72. The van der Waals surface area contributed by atoms with Gasteiger partial charge in [-0.3, -0.25) is 4.79 Å². The molecular formula is C19H24N2O2S. The van der Waals surface area contributed by atoms with Gasteiger partial charge in [-0.25, -0.2) is 4.98 Å². The Morgan fingerprint density at radius 2 is 2.21 bits per heavy atom. The molecule has 0 saturated carbocycles. The number of ether oxygens (including phenoxy) is 1. The van der Waals surface area contributed by atoms with Gasteiger partial charge in [0.05, 0.1) is 11.6 Å². The summed E-state index contributed by atoms with van der Waals surface area (Å²) in [6.07, 6.45) is 3.77. The number of thiazole rings is 1. The van der Waals surface area contributed by atoms with Gasteiger partial charge in [-0.15, -0.1) is 11.3 Å². The van der Waals surface area contributed by atoms with Crippen molar-refractivity contribution >= 4 is 17.2 Å². The number of amides is 1. The van der Waals surface area contributed by atoms with Gasteiger partial charge in [0, 0.05) is 30.4 Å². The second kappa shape index (κ2) is 8.40. The molecule has 4 nitrogen and oxygen atoms in total. The minimum atomic E-state index is -0.0593. The number of benzene rings is 1. The van der Waals surface area contributed by atoms with Crippen LogP contribution in [-0.2, 0) is 17.6 Å². The number of aromatic nitrogens is 1. The molecule has 1 amide bonds. The first-order valence-corrected chi connectivity index (χ1v) is 9.51. The summed E-state index contributed by atoms with van der Waals surface area (Å²) in [5.41, 5.74) is 1.84. The zero-order chi connectivity index (χ0) is 16.8. The van der Waals surface area contributed by atoms with E-state index >= 15 is 0 Å². The molecule has 1 aliphatic rings. The van der Waals surface area contributed by atoms with Gasteiger partial charge in [0.25, 0.3) is 5.91 Å². The van der Waals surface area contributed by atoms with Gasteiger partial charge in [0.2, 0.25) is 0 Å². The summed E-state index contributed by atoms with van der Waals surface area (Å²) < 4.78 is 5.44. The maximum Gasteiger partial charge on any atom is 0.270 e. The molecule has 1 aliphatic heterocycles. The van der Waals surface area contributed by atoms with Crippen LogP contribution in [0.5, 0.6) is 0 Å². The summed E-state index contributed by atoms with van der Waals surface area (Å²) in [6.45, 7) is 3.66. The number of carbonyl (C=O) groups is 1. The fraction of sp³-hybridized carbons (Fsp3) is 0.474. The second-order valence-electron chi connectivity index (χ2n) is 6.22. The molecule has 1 N–H and O–H groups in total. The smallest absolute Gasteiger partial charge is 0.270 e. The van der Waals surface area contributed by atoms with E-state index in [-0.39, 0.29) is 11.9 Å². The molecule has 1 aromatic heterocycles. The van der Waals surface area contributed by atoms with E-state index in [1.807, 2.05) is 23.6 Å². The monoisotopic (exact) mass is 344 g/mol. The van der Waals surface area contributed by atoms with Crippen molar-refractivity contribution in [3.8, 4) is 0 Å². The van der Waals surface area contributed by atoms with Crippen molar-refractivity contribution in [1.82, 2.24) is 10.3 Å². The van der Waals surface area contributed by atoms with E-state index in [0.29, 0.717) is 11.6 Å². The van der Waals surface area contributed by atoms with Crippen molar-refractivity contribution in [3.63, 3.8) is 0 Å². The number of aryl methyl sites for hydroxylation is 2. The van der Waals surface area contributed by atoms with Gasteiger partial charge in [-0.05, 0) is 24.8 Å². The third-order valence-corrected chi connectivity index (χ3v) is 5.45. The van der Waals surface area contributed by atoms with Crippen molar-refractivity contribution in [3.05, 3.63) is 52.0 Å². The molecule has 0 unspecified atom stereocenters. The van der Waals surface area contributed by atoms with Crippen LogP contribution in [0.2, 0.25) is 0 Å². The molecule has 3 rings (SSSR count). The number of nitrogens with one attached hydrogen (secondary N) is 1. The standard InChI is InChI=1S/C19H24N2O2S/c1-2-16(15-10-11-23-12-15)21-19(22)17-13-24-18(20-17)9-8-14-6-4-3-5-7-14/h3-7,13,15-16H,2,8-12H2,1H3,(H,21,22)/t15-,16-/m0/s1. The SMILES string of the molecule is CC[C@H](NC(=O)c1csc(CCc2ccccc2)n1)[C@H]1CCOC1. The average molecular weight is 344 g/mol. The van der Waals surface area contributed by atoms with E-state index in [0.717, 1.165) is 43.9 Å². The van der Waals surface area contributed by atoms with Crippen LogP contribution in [0.4, 0.5) is 0 Å². The lowest BCUT2D eigenvalue weighted by atomic mass is 9.97. The van der Waals surface area contributed by atoms with E-state index in [4.69, 9.17) is 4.74 Å². The van der Waals surface area contributed by atoms with Gasteiger partial charge in [-0.2, -0.15) is 0 Å². The Bertz CT molecular complexity index is 650. The lowest BCUT2D eigenvalue weighted by molar-refractivity contribution is 0.0910. The van der Waals surface area contributed by atoms with Crippen molar-refractivity contribution < 1.29 is 9.53 Å². The highest BCUT2D eigenvalue weighted by Crippen LogP contribution is 2.20. The molecule has 5 heteroatoms. The maximum absolute atomic E-state index is 12.5. The number of carbonyl (C=O) groups excluding carboxylic acids is 1. The molecule has 24 heavy (non-hydrogen) atoms. The number of hydrogen-bond donors (Lipinski definition) is 1.